The van der Waals surface area contributed by atoms with Crippen molar-refractivity contribution in [2.75, 3.05) is 7.11 Å². The SMILES string of the molecule is COc1cc(C)c(S)cc1Cl. The van der Waals surface area contributed by atoms with Crippen LogP contribution in [0.4, 0.5) is 0 Å². The molecule has 0 aliphatic rings. The minimum absolute atomic E-state index is 0.600. The number of halogens is 1. The first-order valence-electron chi connectivity index (χ1n) is 3.18. The van der Waals surface area contributed by atoms with Crippen molar-refractivity contribution in [2.24, 2.45) is 0 Å². The van der Waals surface area contributed by atoms with Gasteiger partial charge in [-0.05, 0) is 24.6 Å². The summed E-state index contributed by atoms with van der Waals surface area (Å²) in [7, 11) is 1.60. The predicted octanol–water partition coefficient (Wildman–Crippen LogP) is 2.95. The predicted molar refractivity (Wildman–Crippen MR) is 50.0 cm³/mol. The van der Waals surface area contributed by atoms with Crippen molar-refractivity contribution in [3.05, 3.63) is 22.7 Å². The van der Waals surface area contributed by atoms with Gasteiger partial charge in [-0.3, -0.25) is 0 Å². The second kappa shape index (κ2) is 3.37. The highest BCUT2D eigenvalue weighted by atomic mass is 35.5. The molecule has 1 aromatic carbocycles. The molecule has 60 valence electrons. The molecule has 11 heavy (non-hydrogen) atoms. The molecular weight excluding hydrogens is 180 g/mol. The lowest BCUT2D eigenvalue weighted by atomic mass is 10.2. The van der Waals surface area contributed by atoms with Crippen molar-refractivity contribution in [1.29, 1.82) is 0 Å². The Kier molecular flexibility index (Phi) is 2.68. The molecular formula is C8H9ClOS. The van der Waals surface area contributed by atoms with E-state index in [1.54, 1.807) is 13.2 Å². The van der Waals surface area contributed by atoms with Crippen LogP contribution in [0.1, 0.15) is 5.56 Å². The van der Waals surface area contributed by atoms with Gasteiger partial charge in [0.25, 0.3) is 0 Å². The number of ether oxygens (including phenoxy) is 1. The van der Waals surface area contributed by atoms with E-state index in [0.717, 1.165) is 10.5 Å². The number of rotatable bonds is 1. The van der Waals surface area contributed by atoms with Crippen LogP contribution < -0.4 is 4.74 Å². The Hall–Kier alpha value is -0.340. The Morgan fingerprint density at radius 2 is 2.09 bits per heavy atom. The van der Waals surface area contributed by atoms with Crippen LogP contribution in [0.25, 0.3) is 0 Å². The third kappa shape index (κ3) is 1.82. The Labute approximate surface area is 76.7 Å². The lowest BCUT2D eigenvalue weighted by molar-refractivity contribution is 0.414. The van der Waals surface area contributed by atoms with Crippen molar-refractivity contribution in [1.82, 2.24) is 0 Å². The summed E-state index contributed by atoms with van der Waals surface area (Å²) >= 11 is 10.0. The average Bonchev–Trinajstić information content (AvgIpc) is 1.97. The molecule has 0 atom stereocenters. The van der Waals surface area contributed by atoms with Gasteiger partial charge in [0.05, 0.1) is 12.1 Å². The van der Waals surface area contributed by atoms with Crippen LogP contribution in [0.5, 0.6) is 5.75 Å². The number of hydrogen-bond acceptors (Lipinski definition) is 2. The van der Waals surface area contributed by atoms with Crippen LogP contribution in [-0.4, -0.2) is 7.11 Å². The van der Waals surface area contributed by atoms with Gasteiger partial charge in [-0.15, -0.1) is 12.6 Å². The number of thiol groups is 1. The van der Waals surface area contributed by atoms with E-state index in [4.69, 9.17) is 16.3 Å². The molecule has 0 bridgehead atoms. The highest BCUT2D eigenvalue weighted by Crippen LogP contribution is 2.29. The van der Waals surface area contributed by atoms with Gasteiger partial charge in [0.1, 0.15) is 5.75 Å². The maximum Gasteiger partial charge on any atom is 0.137 e. The van der Waals surface area contributed by atoms with Gasteiger partial charge in [0, 0.05) is 4.90 Å². The van der Waals surface area contributed by atoms with Gasteiger partial charge >= 0.3 is 0 Å². The van der Waals surface area contributed by atoms with Crippen LogP contribution in [0, 0.1) is 6.92 Å². The summed E-state index contributed by atoms with van der Waals surface area (Å²) < 4.78 is 5.01. The van der Waals surface area contributed by atoms with E-state index >= 15 is 0 Å². The normalized spacial score (nSPS) is 9.82. The molecule has 1 rings (SSSR count). The average molecular weight is 189 g/mol. The van der Waals surface area contributed by atoms with Gasteiger partial charge in [-0.1, -0.05) is 11.6 Å². The molecule has 0 aromatic heterocycles. The second-order valence-electron chi connectivity index (χ2n) is 2.27. The van der Waals surface area contributed by atoms with E-state index in [1.807, 2.05) is 13.0 Å². The molecule has 1 nitrogen and oxygen atoms in total. The Morgan fingerprint density at radius 1 is 1.45 bits per heavy atom. The van der Waals surface area contributed by atoms with Crippen LogP contribution in [-0.2, 0) is 0 Å². The Balaban J connectivity index is 3.21. The van der Waals surface area contributed by atoms with Crippen molar-refractivity contribution in [2.45, 2.75) is 11.8 Å². The van der Waals surface area contributed by atoms with Gasteiger partial charge in [0.2, 0.25) is 0 Å². The molecule has 0 amide bonds. The van der Waals surface area contributed by atoms with Crippen LogP contribution in [0.15, 0.2) is 17.0 Å². The lowest BCUT2D eigenvalue weighted by Crippen LogP contribution is -1.85. The fourth-order valence-electron chi connectivity index (χ4n) is 0.801. The van der Waals surface area contributed by atoms with Crippen molar-refractivity contribution in [3.63, 3.8) is 0 Å². The highest BCUT2D eigenvalue weighted by Gasteiger charge is 2.02. The fraction of sp³-hybridized carbons (Fsp3) is 0.250. The summed E-state index contributed by atoms with van der Waals surface area (Å²) in [6, 6.07) is 3.64. The lowest BCUT2D eigenvalue weighted by Gasteiger charge is -2.05. The smallest absolute Gasteiger partial charge is 0.137 e. The van der Waals surface area contributed by atoms with Crippen molar-refractivity contribution >= 4 is 24.2 Å². The minimum atomic E-state index is 0.600. The maximum absolute atomic E-state index is 5.83. The van der Waals surface area contributed by atoms with Crippen molar-refractivity contribution < 1.29 is 4.74 Å². The maximum atomic E-state index is 5.83. The molecule has 1 aromatic rings. The summed E-state index contributed by atoms with van der Waals surface area (Å²) in [5.74, 6) is 0.696. The molecule has 0 saturated heterocycles. The number of methoxy groups -OCH3 is 1. The second-order valence-corrected chi connectivity index (χ2v) is 3.16. The van der Waals surface area contributed by atoms with E-state index in [-0.39, 0.29) is 0 Å². The summed E-state index contributed by atoms with van der Waals surface area (Å²) in [6.45, 7) is 1.96. The monoisotopic (exact) mass is 188 g/mol. The molecule has 0 fully saturated rings. The first kappa shape index (κ1) is 8.75. The zero-order valence-electron chi connectivity index (χ0n) is 6.39. The quantitative estimate of drug-likeness (QED) is 0.667. The van der Waals surface area contributed by atoms with Crippen LogP contribution in [0.2, 0.25) is 5.02 Å². The number of benzene rings is 1. The fourth-order valence-corrected chi connectivity index (χ4v) is 1.31. The first-order chi connectivity index (χ1) is 5.15. The third-order valence-corrected chi connectivity index (χ3v) is 2.25. The molecule has 0 spiro atoms. The zero-order valence-corrected chi connectivity index (χ0v) is 8.04. The third-order valence-electron chi connectivity index (χ3n) is 1.47. The van der Waals surface area contributed by atoms with Gasteiger partial charge in [-0.25, -0.2) is 0 Å². The minimum Gasteiger partial charge on any atom is -0.495 e. The van der Waals surface area contributed by atoms with Gasteiger partial charge in [0.15, 0.2) is 0 Å². The highest BCUT2D eigenvalue weighted by molar-refractivity contribution is 7.80. The van der Waals surface area contributed by atoms with Gasteiger partial charge < -0.3 is 4.74 Å². The van der Waals surface area contributed by atoms with E-state index in [2.05, 4.69) is 12.6 Å². The summed E-state index contributed by atoms with van der Waals surface area (Å²) in [6.07, 6.45) is 0. The molecule has 0 aliphatic heterocycles. The molecule has 0 aliphatic carbocycles. The number of hydrogen-bond donors (Lipinski definition) is 1. The van der Waals surface area contributed by atoms with E-state index in [9.17, 15) is 0 Å². The summed E-state index contributed by atoms with van der Waals surface area (Å²) in [5.41, 5.74) is 1.06. The molecule has 0 radical (unpaired) electrons. The molecule has 0 N–H and O–H groups in total. The molecule has 0 saturated carbocycles. The van der Waals surface area contributed by atoms with E-state index in [0.29, 0.717) is 10.8 Å². The molecule has 0 heterocycles. The Morgan fingerprint density at radius 3 is 2.64 bits per heavy atom. The Bertz CT molecular complexity index is 273. The van der Waals surface area contributed by atoms with E-state index < -0.39 is 0 Å². The first-order valence-corrected chi connectivity index (χ1v) is 4.00. The van der Waals surface area contributed by atoms with Gasteiger partial charge in [-0.2, -0.15) is 0 Å². The molecule has 0 unspecified atom stereocenters. The summed E-state index contributed by atoms with van der Waals surface area (Å²) in [5, 5.41) is 0.600. The summed E-state index contributed by atoms with van der Waals surface area (Å²) in [4.78, 5) is 0.885. The largest absolute Gasteiger partial charge is 0.495 e. The van der Waals surface area contributed by atoms with Crippen LogP contribution >= 0.6 is 24.2 Å². The standard InChI is InChI=1S/C8H9ClOS/c1-5-3-7(10-2)6(9)4-8(5)11/h3-4,11H,1-2H3. The zero-order chi connectivity index (χ0) is 8.43. The van der Waals surface area contributed by atoms with Crippen LogP contribution in [0.3, 0.4) is 0 Å². The topological polar surface area (TPSA) is 9.23 Å². The van der Waals surface area contributed by atoms with E-state index in [1.165, 1.54) is 0 Å². The molecule has 3 heteroatoms. The van der Waals surface area contributed by atoms with Crippen molar-refractivity contribution in [3.8, 4) is 5.75 Å². The number of aryl methyl sites for hydroxylation is 1.